The topological polar surface area (TPSA) is 60.8 Å². The lowest BCUT2D eigenvalue weighted by molar-refractivity contribution is 0.202. The molecule has 1 atom stereocenters. The van der Waals surface area contributed by atoms with Gasteiger partial charge in [-0.1, -0.05) is 19.3 Å². The predicted molar refractivity (Wildman–Crippen MR) is 112 cm³/mol. The Balaban J connectivity index is 1.58. The van der Waals surface area contributed by atoms with Gasteiger partial charge >= 0.3 is 6.03 Å². The molecule has 0 aromatic carbocycles. The third-order valence-corrected chi connectivity index (χ3v) is 5.82. The number of carbonyl (C=O) groups excluding carboxylic acids is 1. The van der Waals surface area contributed by atoms with Crippen LogP contribution in [0.4, 0.5) is 4.79 Å². The normalized spacial score (nSPS) is 22.9. The first kappa shape index (κ1) is 18.7. The third kappa shape index (κ3) is 4.43. The first-order chi connectivity index (χ1) is 13.7. The fraction of sp³-hybridized carbons (Fsp3) is 0.500. The number of carbonyl (C=O) groups is 1. The van der Waals surface area contributed by atoms with Crippen molar-refractivity contribution in [1.29, 1.82) is 0 Å². The van der Waals surface area contributed by atoms with Crippen LogP contribution in [0.3, 0.4) is 0 Å². The van der Waals surface area contributed by atoms with Crippen molar-refractivity contribution in [3.63, 3.8) is 0 Å². The fourth-order valence-corrected chi connectivity index (χ4v) is 4.24. The molecule has 0 spiro atoms. The minimum absolute atomic E-state index is 0.0164. The molecule has 4 rings (SSSR count). The lowest BCUT2D eigenvalue weighted by Crippen LogP contribution is -2.49. The van der Waals surface area contributed by atoms with Gasteiger partial charge in [-0.15, -0.1) is 0 Å². The molecule has 1 aliphatic carbocycles. The third-order valence-electron chi connectivity index (χ3n) is 5.82. The van der Waals surface area contributed by atoms with E-state index in [4.69, 9.17) is 4.99 Å². The van der Waals surface area contributed by atoms with Crippen molar-refractivity contribution < 1.29 is 4.79 Å². The number of aliphatic imine (C=N–C) groups is 1. The zero-order valence-electron chi connectivity index (χ0n) is 16.6. The zero-order valence-corrected chi connectivity index (χ0v) is 16.6. The molecule has 1 aromatic rings. The predicted octanol–water partition coefficient (Wildman–Crippen LogP) is 3.71. The lowest BCUT2D eigenvalue weighted by Gasteiger charge is -2.29. The Morgan fingerprint density at radius 1 is 1.21 bits per heavy atom. The summed E-state index contributed by atoms with van der Waals surface area (Å²) in [6, 6.07) is 4.40. The Hall–Kier alpha value is -2.63. The Kier molecular flexibility index (Phi) is 5.74. The van der Waals surface area contributed by atoms with Crippen LogP contribution >= 0.6 is 0 Å². The van der Waals surface area contributed by atoms with E-state index in [9.17, 15) is 4.79 Å². The largest absolute Gasteiger partial charge is 0.375 e. The van der Waals surface area contributed by atoms with E-state index in [1.807, 2.05) is 36.1 Å². The molecular weight excluding hydrogens is 350 g/mol. The standard InChI is InChI=1S/C22H29N5O/c1-17-14-18(9-11-23-17)21-8-5-12-26-13-10-20(15-26)27(16-24-21)22(28)25-19-6-3-2-4-7-19/h5,8-9,11-12,14,16,19-20H,2-4,6-7,10,13,15H2,1H3,(H,25,28)/t20-/m0/s1. The number of nitrogens with zero attached hydrogens (tertiary/aromatic N) is 4. The van der Waals surface area contributed by atoms with Crippen molar-refractivity contribution >= 4 is 18.1 Å². The van der Waals surface area contributed by atoms with Gasteiger partial charge in [-0.05, 0) is 56.7 Å². The van der Waals surface area contributed by atoms with E-state index in [2.05, 4.69) is 21.4 Å². The molecule has 1 saturated heterocycles. The number of nitrogens with one attached hydrogen (secondary N) is 1. The van der Waals surface area contributed by atoms with Crippen molar-refractivity contribution in [3.8, 4) is 0 Å². The smallest absolute Gasteiger partial charge is 0.323 e. The highest BCUT2D eigenvalue weighted by Crippen LogP contribution is 2.22. The number of pyridine rings is 1. The van der Waals surface area contributed by atoms with Gasteiger partial charge < -0.3 is 10.2 Å². The molecule has 2 amide bonds. The Morgan fingerprint density at radius 2 is 2.07 bits per heavy atom. The number of aromatic nitrogens is 1. The van der Waals surface area contributed by atoms with E-state index < -0.39 is 0 Å². The van der Waals surface area contributed by atoms with Crippen LogP contribution in [0.2, 0.25) is 0 Å². The molecule has 3 heterocycles. The van der Waals surface area contributed by atoms with E-state index in [0.717, 1.165) is 49.3 Å². The Morgan fingerprint density at radius 3 is 2.89 bits per heavy atom. The number of aryl methyl sites for hydroxylation is 1. The van der Waals surface area contributed by atoms with Gasteiger partial charge in [0.2, 0.25) is 0 Å². The van der Waals surface area contributed by atoms with Crippen LogP contribution in [0.15, 0.2) is 41.7 Å². The molecule has 3 aliphatic rings. The summed E-state index contributed by atoms with van der Waals surface area (Å²) in [7, 11) is 0. The average Bonchev–Trinajstić information content (AvgIpc) is 3.15. The van der Waals surface area contributed by atoms with E-state index >= 15 is 0 Å². The molecule has 28 heavy (non-hydrogen) atoms. The summed E-state index contributed by atoms with van der Waals surface area (Å²) in [6.45, 7) is 3.78. The molecule has 0 unspecified atom stereocenters. The van der Waals surface area contributed by atoms with Gasteiger partial charge in [0.15, 0.2) is 0 Å². The van der Waals surface area contributed by atoms with E-state index in [1.54, 1.807) is 12.5 Å². The first-order valence-electron chi connectivity index (χ1n) is 10.4. The second-order valence-electron chi connectivity index (χ2n) is 7.95. The molecule has 2 bridgehead atoms. The SMILES string of the molecule is Cc1cc(C2=CC=CN3CC[C@@H](C3)N(C(=O)NC3CCCCC3)C=N2)ccn1. The van der Waals surface area contributed by atoms with Crippen LogP contribution in [-0.4, -0.2) is 52.3 Å². The van der Waals surface area contributed by atoms with Crippen LogP contribution in [0.1, 0.15) is 49.8 Å². The first-order valence-corrected chi connectivity index (χ1v) is 10.4. The maximum Gasteiger partial charge on any atom is 0.323 e. The quantitative estimate of drug-likeness (QED) is 0.852. The van der Waals surface area contributed by atoms with Gasteiger partial charge in [0.1, 0.15) is 0 Å². The summed E-state index contributed by atoms with van der Waals surface area (Å²) in [5.41, 5.74) is 2.79. The number of rotatable bonds is 2. The molecule has 2 aliphatic heterocycles. The van der Waals surface area contributed by atoms with E-state index in [0.29, 0.717) is 6.04 Å². The van der Waals surface area contributed by atoms with Crippen molar-refractivity contribution in [2.75, 3.05) is 13.1 Å². The molecular formula is C22H29N5O. The molecule has 6 heteroatoms. The number of hydrogen-bond donors (Lipinski definition) is 1. The van der Waals surface area contributed by atoms with Crippen molar-refractivity contribution in [1.82, 2.24) is 20.1 Å². The van der Waals surface area contributed by atoms with Gasteiger partial charge in [0.25, 0.3) is 0 Å². The van der Waals surface area contributed by atoms with Crippen LogP contribution in [0.5, 0.6) is 0 Å². The summed E-state index contributed by atoms with van der Waals surface area (Å²) in [4.78, 5) is 26.1. The van der Waals surface area contributed by atoms with Gasteiger partial charge in [0, 0.05) is 36.6 Å². The lowest BCUT2D eigenvalue weighted by atomic mass is 9.96. The van der Waals surface area contributed by atoms with Gasteiger partial charge in [-0.25, -0.2) is 9.79 Å². The molecule has 0 radical (unpaired) electrons. The summed E-state index contributed by atoms with van der Waals surface area (Å²) in [6.07, 6.45) is 16.5. The summed E-state index contributed by atoms with van der Waals surface area (Å²) in [5.74, 6) is 0. The van der Waals surface area contributed by atoms with Crippen LogP contribution < -0.4 is 5.32 Å². The van der Waals surface area contributed by atoms with Crippen LogP contribution in [0, 0.1) is 6.92 Å². The van der Waals surface area contributed by atoms with Gasteiger partial charge in [0.05, 0.1) is 18.1 Å². The Labute approximate surface area is 167 Å². The van der Waals surface area contributed by atoms with E-state index in [1.165, 1.54) is 19.3 Å². The van der Waals surface area contributed by atoms with Crippen molar-refractivity contribution in [2.45, 2.75) is 57.5 Å². The number of fused-ring (bicyclic) bond motifs is 2. The minimum atomic E-state index is -0.0164. The summed E-state index contributed by atoms with van der Waals surface area (Å²) in [5, 5.41) is 3.25. The van der Waals surface area contributed by atoms with Gasteiger partial charge in [-0.3, -0.25) is 9.88 Å². The highest BCUT2D eigenvalue weighted by atomic mass is 16.2. The summed E-state index contributed by atoms with van der Waals surface area (Å²) >= 11 is 0. The Bertz CT molecular complexity index is 794. The number of amides is 2. The number of urea groups is 1. The molecule has 2 fully saturated rings. The summed E-state index contributed by atoms with van der Waals surface area (Å²) < 4.78 is 0. The molecule has 1 saturated carbocycles. The molecule has 1 N–H and O–H groups in total. The van der Waals surface area contributed by atoms with Crippen LogP contribution in [0.25, 0.3) is 5.70 Å². The molecule has 1 aromatic heterocycles. The van der Waals surface area contributed by atoms with Crippen LogP contribution in [-0.2, 0) is 0 Å². The second kappa shape index (κ2) is 8.59. The maximum absolute atomic E-state index is 13.1. The molecule has 6 nitrogen and oxygen atoms in total. The van der Waals surface area contributed by atoms with Crippen molar-refractivity contribution in [3.05, 3.63) is 47.9 Å². The highest BCUT2D eigenvalue weighted by molar-refractivity contribution is 5.89. The zero-order chi connectivity index (χ0) is 19.3. The number of hydrogen-bond acceptors (Lipinski definition) is 4. The monoisotopic (exact) mass is 379 g/mol. The van der Waals surface area contributed by atoms with Crippen molar-refractivity contribution in [2.24, 2.45) is 4.99 Å². The van der Waals surface area contributed by atoms with E-state index in [-0.39, 0.29) is 12.1 Å². The fourth-order valence-electron chi connectivity index (χ4n) is 4.24. The second-order valence-corrected chi connectivity index (χ2v) is 7.95. The minimum Gasteiger partial charge on any atom is -0.375 e. The van der Waals surface area contributed by atoms with Gasteiger partial charge in [-0.2, -0.15) is 0 Å². The maximum atomic E-state index is 13.1. The number of allylic oxidation sites excluding steroid dienone is 2. The average molecular weight is 380 g/mol. The highest BCUT2D eigenvalue weighted by Gasteiger charge is 2.30. The molecule has 148 valence electrons.